The van der Waals surface area contributed by atoms with E-state index in [2.05, 4.69) is 0 Å². The van der Waals surface area contributed by atoms with Gasteiger partial charge in [0.15, 0.2) is 11.9 Å². The van der Waals surface area contributed by atoms with Crippen LogP contribution in [0.3, 0.4) is 0 Å². The molecule has 6 nitrogen and oxygen atoms in total. The van der Waals surface area contributed by atoms with Crippen LogP contribution in [0.15, 0.2) is 12.1 Å². The van der Waals surface area contributed by atoms with E-state index in [4.69, 9.17) is 16.7 Å². The zero-order valence-corrected chi connectivity index (χ0v) is 10.9. The SMILES string of the molecule is CC(O)C(NC(=O)Nc1c(F)cc(F)cc1Cl)C(=O)O. The highest BCUT2D eigenvalue weighted by molar-refractivity contribution is 6.33. The Balaban J connectivity index is 2.84. The largest absolute Gasteiger partial charge is 0.480 e. The van der Waals surface area contributed by atoms with E-state index in [9.17, 15) is 23.5 Å². The summed E-state index contributed by atoms with van der Waals surface area (Å²) in [5.74, 6) is -3.51. The molecule has 0 spiro atoms. The molecular formula is C11H11ClF2N2O4. The van der Waals surface area contributed by atoms with Crippen molar-refractivity contribution < 1.29 is 28.6 Å². The van der Waals surface area contributed by atoms with Crippen molar-refractivity contribution in [2.24, 2.45) is 0 Å². The van der Waals surface area contributed by atoms with Gasteiger partial charge in [0.25, 0.3) is 0 Å². The third-order valence-corrected chi connectivity index (χ3v) is 2.58. The molecule has 0 aromatic heterocycles. The maximum absolute atomic E-state index is 13.4. The molecule has 2 atom stereocenters. The monoisotopic (exact) mass is 308 g/mol. The predicted octanol–water partition coefficient (Wildman–Crippen LogP) is 1.57. The molecule has 0 aliphatic rings. The molecule has 2 unspecified atom stereocenters. The van der Waals surface area contributed by atoms with Crippen LogP contribution in [0, 0.1) is 11.6 Å². The van der Waals surface area contributed by atoms with Crippen molar-refractivity contribution in [1.29, 1.82) is 0 Å². The topological polar surface area (TPSA) is 98.7 Å². The normalized spacial score (nSPS) is 13.4. The highest BCUT2D eigenvalue weighted by Crippen LogP contribution is 2.26. The highest BCUT2D eigenvalue weighted by atomic mass is 35.5. The zero-order valence-electron chi connectivity index (χ0n) is 10.2. The molecular weight excluding hydrogens is 298 g/mol. The van der Waals surface area contributed by atoms with Crippen LogP contribution in [0.5, 0.6) is 0 Å². The highest BCUT2D eigenvalue weighted by Gasteiger charge is 2.25. The molecule has 1 aromatic rings. The number of carboxylic acids is 1. The van der Waals surface area contributed by atoms with Gasteiger partial charge >= 0.3 is 12.0 Å². The minimum absolute atomic E-state index is 0.387. The lowest BCUT2D eigenvalue weighted by Gasteiger charge is -2.18. The fraction of sp³-hybridized carbons (Fsp3) is 0.273. The van der Waals surface area contributed by atoms with E-state index < -0.39 is 41.5 Å². The number of amides is 2. The van der Waals surface area contributed by atoms with Gasteiger partial charge in [-0.25, -0.2) is 18.4 Å². The molecule has 0 fully saturated rings. The van der Waals surface area contributed by atoms with Crippen LogP contribution < -0.4 is 10.6 Å². The molecule has 9 heteroatoms. The standard InChI is InChI=1S/C11H11ClF2N2O4/c1-4(17)8(10(18)19)15-11(20)16-9-6(12)2-5(13)3-7(9)14/h2-4,8,17H,1H3,(H,18,19)(H2,15,16,20). The number of aliphatic carboxylic acids is 1. The summed E-state index contributed by atoms with van der Waals surface area (Å²) in [5, 5.41) is 21.4. The van der Waals surface area contributed by atoms with E-state index in [-0.39, 0.29) is 5.02 Å². The Morgan fingerprint density at radius 2 is 1.95 bits per heavy atom. The number of benzene rings is 1. The van der Waals surface area contributed by atoms with E-state index in [1.54, 1.807) is 0 Å². The average Bonchev–Trinajstić information content (AvgIpc) is 2.29. The Morgan fingerprint density at radius 3 is 2.40 bits per heavy atom. The summed E-state index contributed by atoms with van der Waals surface area (Å²) < 4.78 is 26.2. The minimum Gasteiger partial charge on any atom is -0.480 e. The number of carbonyl (C=O) groups is 2. The van der Waals surface area contributed by atoms with Crippen LogP contribution in [-0.4, -0.2) is 34.4 Å². The Labute approximate surface area is 117 Å². The molecule has 110 valence electrons. The first-order chi connectivity index (χ1) is 9.22. The van der Waals surface area contributed by atoms with Gasteiger partial charge in [0.1, 0.15) is 5.82 Å². The number of urea groups is 1. The number of nitrogens with one attached hydrogen (secondary N) is 2. The van der Waals surface area contributed by atoms with Crippen LogP contribution in [0.1, 0.15) is 6.92 Å². The average molecular weight is 309 g/mol. The number of aliphatic hydroxyl groups excluding tert-OH is 1. The van der Waals surface area contributed by atoms with E-state index >= 15 is 0 Å². The van der Waals surface area contributed by atoms with Crippen molar-refractivity contribution in [3.05, 3.63) is 28.8 Å². The second-order valence-electron chi connectivity index (χ2n) is 3.90. The smallest absolute Gasteiger partial charge is 0.328 e. The van der Waals surface area contributed by atoms with E-state index in [0.29, 0.717) is 6.07 Å². The maximum atomic E-state index is 13.4. The molecule has 0 aliphatic carbocycles. The second-order valence-corrected chi connectivity index (χ2v) is 4.31. The summed E-state index contributed by atoms with van der Waals surface area (Å²) in [5.41, 5.74) is -0.500. The molecule has 0 bridgehead atoms. The Kier molecular flexibility index (Phi) is 5.23. The van der Waals surface area contributed by atoms with E-state index in [0.717, 1.165) is 13.0 Å². The molecule has 20 heavy (non-hydrogen) atoms. The van der Waals surface area contributed by atoms with Gasteiger partial charge in [0.05, 0.1) is 16.8 Å². The second kappa shape index (κ2) is 6.49. The third kappa shape index (κ3) is 4.04. The van der Waals surface area contributed by atoms with Crippen molar-refractivity contribution in [2.45, 2.75) is 19.1 Å². The van der Waals surface area contributed by atoms with Gasteiger partial charge in [0.2, 0.25) is 0 Å². The number of rotatable bonds is 4. The summed E-state index contributed by atoms with van der Waals surface area (Å²) in [4.78, 5) is 22.3. The van der Waals surface area contributed by atoms with Crippen LogP contribution in [0.2, 0.25) is 5.02 Å². The van der Waals surface area contributed by atoms with Crippen molar-refractivity contribution in [3.63, 3.8) is 0 Å². The number of carboxylic acid groups (broad SMARTS) is 1. The van der Waals surface area contributed by atoms with Gasteiger partial charge in [-0.2, -0.15) is 0 Å². The molecule has 1 aromatic carbocycles. The molecule has 1 rings (SSSR count). The quantitative estimate of drug-likeness (QED) is 0.678. The van der Waals surface area contributed by atoms with Gasteiger partial charge in [-0.3, -0.25) is 0 Å². The van der Waals surface area contributed by atoms with E-state index in [1.807, 2.05) is 10.6 Å². The lowest BCUT2D eigenvalue weighted by Crippen LogP contribution is -2.49. The van der Waals surface area contributed by atoms with Crippen LogP contribution in [0.4, 0.5) is 19.3 Å². The van der Waals surface area contributed by atoms with Gasteiger partial charge < -0.3 is 20.8 Å². The first-order valence-electron chi connectivity index (χ1n) is 5.35. The first kappa shape index (κ1) is 16.1. The van der Waals surface area contributed by atoms with Gasteiger partial charge in [-0.15, -0.1) is 0 Å². The molecule has 0 aliphatic heterocycles. The summed E-state index contributed by atoms with van der Waals surface area (Å²) in [6.07, 6.45) is -1.37. The molecule has 0 heterocycles. The predicted molar refractivity (Wildman–Crippen MR) is 66.6 cm³/mol. The number of hydrogen-bond donors (Lipinski definition) is 4. The Hall–Kier alpha value is -1.93. The van der Waals surface area contributed by atoms with Gasteiger partial charge in [-0.1, -0.05) is 11.6 Å². The summed E-state index contributed by atoms with van der Waals surface area (Å²) >= 11 is 5.55. The summed E-state index contributed by atoms with van der Waals surface area (Å²) in [6, 6.07) is -1.41. The Morgan fingerprint density at radius 1 is 1.35 bits per heavy atom. The molecule has 0 radical (unpaired) electrons. The minimum atomic E-state index is -1.59. The van der Waals surface area contributed by atoms with Crippen molar-refractivity contribution in [3.8, 4) is 0 Å². The summed E-state index contributed by atoms with van der Waals surface area (Å²) in [7, 11) is 0. The number of carbonyl (C=O) groups excluding carboxylic acids is 1. The lowest BCUT2D eigenvalue weighted by molar-refractivity contribution is -0.141. The molecule has 0 saturated heterocycles. The number of hydrogen-bond acceptors (Lipinski definition) is 3. The fourth-order valence-electron chi connectivity index (χ4n) is 1.34. The van der Waals surface area contributed by atoms with Gasteiger partial charge in [-0.05, 0) is 13.0 Å². The maximum Gasteiger partial charge on any atom is 0.328 e. The fourth-order valence-corrected chi connectivity index (χ4v) is 1.58. The van der Waals surface area contributed by atoms with Crippen molar-refractivity contribution in [1.82, 2.24) is 5.32 Å². The third-order valence-electron chi connectivity index (χ3n) is 2.28. The van der Waals surface area contributed by atoms with E-state index in [1.165, 1.54) is 0 Å². The summed E-state index contributed by atoms with van der Waals surface area (Å²) in [6.45, 7) is 1.16. The number of aliphatic hydroxyl groups is 1. The van der Waals surface area contributed by atoms with Gasteiger partial charge in [0, 0.05) is 6.07 Å². The van der Waals surface area contributed by atoms with Crippen LogP contribution in [-0.2, 0) is 4.79 Å². The van der Waals surface area contributed by atoms with Crippen molar-refractivity contribution >= 4 is 29.3 Å². The van der Waals surface area contributed by atoms with Crippen LogP contribution in [0.25, 0.3) is 0 Å². The molecule has 2 amide bonds. The first-order valence-corrected chi connectivity index (χ1v) is 5.73. The Bertz CT molecular complexity index is 516. The number of anilines is 1. The van der Waals surface area contributed by atoms with Crippen LogP contribution >= 0.6 is 11.6 Å². The number of halogens is 3. The van der Waals surface area contributed by atoms with Crippen molar-refractivity contribution in [2.75, 3.05) is 5.32 Å². The zero-order chi connectivity index (χ0) is 15.4. The molecule has 4 N–H and O–H groups in total. The lowest BCUT2D eigenvalue weighted by atomic mass is 10.2. The molecule has 0 saturated carbocycles.